The van der Waals surface area contributed by atoms with Gasteiger partial charge in [0, 0.05) is 5.56 Å². The van der Waals surface area contributed by atoms with E-state index in [1.807, 2.05) is 0 Å². The van der Waals surface area contributed by atoms with Crippen molar-refractivity contribution in [1.29, 1.82) is 0 Å². The quantitative estimate of drug-likeness (QED) is 0.505. The molecule has 0 saturated heterocycles. The number of amidine groups is 1. The number of nitrogens with two attached hydrogens (primary N) is 1. The van der Waals surface area contributed by atoms with Crippen molar-refractivity contribution >= 4 is 17.3 Å². The average Bonchev–Trinajstić information content (AvgIpc) is 2.55. The summed E-state index contributed by atoms with van der Waals surface area (Å²) in [6.07, 6.45) is 0.0548. The van der Waals surface area contributed by atoms with E-state index in [0.29, 0.717) is 17.0 Å². The van der Waals surface area contributed by atoms with Crippen LogP contribution in [0.15, 0.2) is 53.5 Å². The zero-order valence-corrected chi connectivity index (χ0v) is 12.6. The zero-order valence-electron chi connectivity index (χ0n) is 12.6. The van der Waals surface area contributed by atoms with Gasteiger partial charge in [-0.05, 0) is 36.4 Å². The number of aliphatic imine (C=N–C) groups is 1. The van der Waals surface area contributed by atoms with Crippen molar-refractivity contribution in [3.05, 3.63) is 54.1 Å². The van der Waals surface area contributed by atoms with Gasteiger partial charge in [0.2, 0.25) is 0 Å². The highest BCUT2D eigenvalue weighted by Crippen LogP contribution is 2.18. The Balaban J connectivity index is 2.07. The molecule has 0 radical (unpaired) electrons. The normalized spacial score (nSPS) is 11.1. The fraction of sp³-hybridized carbons (Fsp3) is 0.176. The molecular weight excluding hydrogens is 280 g/mol. The summed E-state index contributed by atoms with van der Waals surface area (Å²) in [6.45, 7) is 0. The summed E-state index contributed by atoms with van der Waals surface area (Å²) >= 11 is 0. The lowest BCUT2D eigenvalue weighted by atomic mass is 10.1. The van der Waals surface area contributed by atoms with Crippen molar-refractivity contribution in [2.75, 3.05) is 14.2 Å². The molecule has 2 aromatic carbocycles. The third kappa shape index (κ3) is 4.09. The molecule has 114 valence electrons. The highest BCUT2D eigenvalue weighted by Gasteiger charge is 2.09. The standard InChI is InChI=1S/C17H18N2O3/c1-21-14-8-6-13(7-9-14)19-17(18)11-16(20)12-4-3-5-15(10-12)22-2/h3-10H,11H2,1-2H3,(H2,18,19). The number of hydrogen-bond donors (Lipinski definition) is 1. The first-order valence-corrected chi connectivity index (χ1v) is 6.76. The van der Waals surface area contributed by atoms with Gasteiger partial charge in [-0.1, -0.05) is 12.1 Å². The Morgan fingerprint density at radius 1 is 1.05 bits per heavy atom. The van der Waals surface area contributed by atoms with E-state index in [1.165, 1.54) is 0 Å². The molecule has 0 spiro atoms. The van der Waals surface area contributed by atoms with Crippen molar-refractivity contribution in [2.45, 2.75) is 6.42 Å². The second-order valence-corrected chi connectivity index (χ2v) is 4.63. The molecule has 0 atom stereocenters. The minimum Gasteiger partial charge on any atom is -0.497 e. The van der Waals surface area contributed by atoms with Gasteiger partial charge >= 0.3 is 0 Å². The molecule has 0 unspecified atom stereocenters. The van der Waals surface area contributed by atoms with Gasteiger partial charge in [-0.2, -0.15) is 0 Å². The van der Waals surface area contributed by atoms with E-state index in [4.69, 9.17) is 15.2 Å². The summed E-state index contributed by atoms with van der Waals surface area (Å²) in [4.78, 5) is 16.4. The van der Waals surface area contributed by atoms with Gasteiger partial charge in [-0.3, -0.25) is 4.79 Å². The fourth-order valence-corrected chi connectivity index (χ4v) is 1.93. The Hall–Kier alpha value is -2.82. The largest absolute Gasteiger partial charge is 0.497 e. The molecule has 2 rings (SSSR count). The number of methoxy groups -OCH3 is 2. The predicted molar refractivity (Wildman–Crippen MR) is 86.2 cm³/mol. The molecule has 0 fully saturated rings. The van der Waals surface area contributed by atoms with E-state index in [9.17, 15) is 4.79 Å². The van der Waals surface area contributed by atoms with E-state index in [2.05, 4.69) is 4.99 Å². The number of ketones is 1. The minimum atomic E-state index is -0.103. The topological polar surface area (TPSA) is 73.9 Å². The SMILES string of the molecule is COc1ccc(N=C(N)CC(=O)c2cccc(OC)c2)cc1. The van der Waals surface area contributed by atoms with Crippen LogP contribution in [0.4, 0.5) is 5.69 Å². The molecule has 0 amide bonds. The first-order valence-electron chi connectivity index (χ1n) is 6.76. The number of hydrogen-bond acceptors (Lipinski definition) is 4. The molecule has 22 heavy (non-hydrogen) atoms. The van der Waals surface area contributed by atoms with E-state index in [1.54, 1.807) is 62.8 Å². The summed E-state index contributed by atoms with van der Waals surface area (Å²) in [5.41, 5.74) is 7.08. The van der Waals surface area contributed by atoms with Crippen LogP contribution in [0.3, 0.4) is 0 Å². The van der Waals surface area contributed by atoms with Crippen molar-refractivity contribution in [3.63, 3.8) is 0 Å². The maximum absolute atomic E-state index is 12.2. The molecule has 0 aliphatic heterocycles. The second-order valence-electron chi connectivity index (χ2n) is 4.63. The van der Waals surface area contributed by atoms with E-state index >= 15 is 0 Å². The Bertz CT molecular complexity index is 679. The molecule has 0 aliphatic carbocycles. The Morgan fingerprint density at radius 2 is 1.73 bits per heavy atom. The monoisotopic (exact) mass is 298 g/mol. The van der Waals surface area contributed by atoms with Crippen molar-refractivity contribution in [1.82, 2.24) is 0 Å². The molecule has 0 heterocycles. The van der Waals surface area contributed by atoms with Crippen LogP contribution < -0.4 is 15.2 Å². The molecule has 0 bridgehead atoms. The van der Waals surface area contributed by atoms with E-state index in [0.717, 1.165) is 5.75 Å². The number of nitrogens with zero attached hydrogens (tertiary/aromatic N) is 1. The van der Waals surface area contributed by atoms with Crippen LogP contribution in [0.25, 0.3) is 0 Å². The summed E-state index contributed by atoms with van der Waals surface area (Å²) in [6, 6.07) is 14.1. The first kappa shape index (κ1) is 15.6. The molecule has 0 saturated carbocycles. The highest BCUT2D eigenvalue weighted by atomic mass is 16.5. The van der Waals surface area contributed by atoms with Crippen molar-refractivity contribution in [3.8, 4) is 11.5 Å². The lowest BCUT2D eigenvalue weighted by Gasteiger charge is -2.04. The Kier molecular flexibility index (Phi) is 5.14. The van der Waals surface area contributed by atoms with Crippen LogP contribution in [0, 0.1) is 0 Å². The summed E-state index contributed by atoms with van der Waals surface area (Å²) in [5.74, 6) is 1.54. The molecule has 2 aromatic rings. The summed E-state index contributed by atoms with van der Waals surface area (Å²) < 4.78 is 10.2. The summed E-state index contributed by atoms with van der Waals surface area (Å²) in [5, 5.41) is 0. The van der Waals surface area contributed by atoms with Crippen LogP contribution in [-0.2, 0) is 0 Å². The zero-order chi connectivity index (χ0) is 15.9. The van der Waals surface area contributed by atoms with Gasteiger partial charge in [-0.25, -0.2) is 4.99 Å². The van der Waals surface area contributed by atoms with Crippen LogP contribution in [-0.4, -0.2) is 25.8 Å². The number of carbonyl (C=O) groups excluding carboxylic acids is 1. The van der Waals surface area contributed by atoms with Gasteiger partial charge in [-0.15, -0.1) is 0 Å². The van der Waals surface area contributed by atoms with E-state index in [-0.39, 0.29) is 18.0 Å². The van der Waals surface area contributed by atoms with Gasteiger partial charge < -0.3 is 15.2 Å². The van der Waals surface area contributed by atoms with Crippen molar-refractivity contribution < 1.29 is 14.3 Å². The smallest absolute Gasteiger partial charge is 0.170 e. The molecule has 0 aromatic heterocycles. The average molecular weight is 298 g/mol. The Morgan fingerprint density at radius 3 is 2.36 bits per heavy atom. The van der Waals surface area contributed by atoms with Gasteiger partial charge in [0.1, 0.15) is 17.3 Å². The predicted octanol–water partition coefficient (Wildman–Crippen LogP) is 2.97. The number of Topliss-reactive ketones (excluding diaryl/α,β-unsaturated/α-hetero) is 1. The lowest BCUT2D eigenvalue weighted by Crippen LogP contribution is -2.16. The lowest BCUT2D eigenvalue weighted by molar-refractivity contribution is 0.1000. The maximum Gasteiger partial charge on any atom is 0.170 e. The third-order valence-electron chi connectivity index (χ3n) is 3.08. The number of rotatable bonds is 6. The fourth-order valence-electron chi connectivity index (χ4n) is 1.93. The summed E-state index contributed by atoms with van der Waals surface area (Å²) in [7, 11) is 3.16. The molecule has 2 N–H and O–H groups in total. The van der Waals surface area contributed by atoms with Crippen molar-refractivity contribution in [2.24, 2.45) is 10.7 Å². The number of ether oxygens (including phenoxy) is 2. The van der Waals surface area contributed by atoms with Gasteiger partial charge in [0.25, 0.3) is 0 Å². The Labute approximate surface area is 129 Å². The third-order valence-corrected chi connectivity index (χ3v) is 3.08. The molecule has 5 heteroatoms. The van der Waals surface area contributed by atoms with Crippen LogP contribution >= 0.6 is 0 Å². The second kappa shape index (κ2) is 7.26. The maximum atomic E-state index is 12.2. The highest BCUT2D eigenvalue weighted by molar-refractivity contribution is 6.09. The minimum absolute atomic E-state index is 0.0548. The van der Waals surface area contributed by atoms with Crippen LogP contribution in [0.5, 0.6) is 11.5 Å². The molecular formula is C17H18N2O3. The molecule has 0 aliphatic rings. The number of benzene rings is 2. The van der Waals surface area contributed by atoms with Gasteiger partial charge in [0.15, 0.2) is 5.78 Å². The van der Waals surface area contributed by atoms with Crippen LogP contribution in [0.1, 0.15) is 16.8 Å². The van der Waals surface area contributed by atoms with Gasteiger partial charge in [0.05, 0.1) is 26.3 Å². The first-order chi connectivity index (χ1) is 10.6. The van der Waals surface area contributed by atoms with Crippen LogP contribution in [0.2, 0.25) is 0 Å². The number of carbonyl (C=O) groups is 1. The molecule has 5 nitrogen and oxygen atoms in total. The van der Waals surface area contributed by atoms with E-state index < -0.39 is 0 Å².